The van der Waals surface area contributed by atoms with E-state index < -0.39 is 5.97 Å². The van der Waals surface area contributed by atoms with Gasteiger partial charge in [0.25, 0.3) is 5.91 Å². The van der Waals surface area contributed by atoms with Crippen LogP contribution in [-0.2, 0) is 14.3 Å². The standard InChI is InChI=1S/C22H21NO4/c1-16(17-7-3-2-4-8-17)23-21(24)14-27-22(25)15-26-20-12-11-18-9-5-6-10-19(18)13-20/h2-13,16H,14-15H2,1H3,(H,23,24)/t16-/m0/s1. The van der Waals surface area contributed by atoms with Gasteiger partial charge in [0.1, 0.15) is 5.75 Å². The summed E-state index contributed by atoms with van der Waals surface area (Å²) >= 11 is 0. The third kappa shape index (κ3) is 5.31. The molecule has 0 aliphatic carbocycles. The molecule has 27 heavy (non-hydrogen) atoms. The van der Waals surface area contributed by atoms with Crippen LogP contribution in [-0.4, -0.2) is 25.1 Å². The first kappa shape index (κ1) is 18.5. The minimum atomic E-state index is -0.592. The zero-order chi connectivity index (χ0) is 19.1. The van der Waals surface area contributed by atoms with E-state index in [4.69, 9.17) is 9.47 Å². The molecule has 1 amide bonds. The number of nitrogens with one attached hydrogen (secondary N) is 1. The van der Waals surface area contributed by atoms with E-state index >= 15 is 0 Å². The molecule has 0 heterocycles. The van der Waals surface area contributed by atoms with Crippen LogP contribution < -0.4 is 10.1 Å². The van der Waals surface area contributed by atoms with Crippen molar-refractivity contribution in [3.05, 3.63) is 78.4 Å². The van der Waals surface area contributed by atoms with Crippen LogP contribution in [0.25, 0.3) is 10.8 Å². The van der Waals surface area contributed by atoms with Gasteiger partial charge in [-0.05, 0) is 35.4 Å². The molecule has 0 spiro atoms. The van der Waals surface area contributed by atoms with Crippen LogP contribution in [0.2, 0.25) is 0 Å². The Morgan fingerprint density at radius 2 is 1.59 bits per heavy atom. The Morgan fingerprint density at radius 1 is 0.889 bits per heavy atom. The average Bonchev–Trinajstić information content (AvgIpc) is 2.71. The Morgan fingerprint density at radius 3 is 2.37 bits per heavy atom. The molecular formula is C22H21NO4. The largest absolute Gasteiger partial charge is 0.482 e. The smallest absolute Gasteiger partial charge is 0.344 e. The second-order valence-electron chi connectivity index (χ2n) is 6.16. The molecule has 5 heteroatoms. The van der Waals surface area contributed by atoms with E-state index in [1.54, 1.807) is 6.07 Å². The molecule has 1 atom stereocenters. The number of fused-ring (bicyclic) bond motifs is 1. The van der Waals surface area contributed by atoms with Crippen molar-refractivity contribution < 1.29 is 19.1 Å². The minimum Gasteiger partial charge on any atom is -0.482 e. The third-order valence-electron chi connectivity index (χ3n) is 4.12. The first-order chi connectivity index (χ1) is 13.1. The number of benzene rings is 3. The Bertz CT molecular complexity index is 924. The summed E-state index contributed by atoms with van der Waals surface area (Å²) in [6.45, 7) is 1.29. The summed E-state index contributed by atoms with van der Waals surface area (Å²) in [4.78, 5) is 23.7. The first-order valence-corrected chi connectivity index (χ1v) is 8.73. The lowest BCUT2D eigenvalue weighted by Gasteiger charge is -2.14. The monoisotopic (exact) mass is 363 g/mol. The maximum absolute atomic E-state index is 11.9. The van der Waals surface area contributed by atoms with E-state index in [1.165, 1.54) is 0 Å². The van der Waals surface area contributed by atoms with Gasteiger partial charge in [-0.3, -0.25) is 4.79 Å². The summed E-state index contributed by atoms with van der Waals surface area (Å²) in [7, 11) is 0. The number of esters is 1. The number of hydrogen-bond donors (Lipinski definition) is 1. The summed E-state index contributed by atoms with van der Waals surface area (Å²) < 4.78 is 10.4. The first-order valence-electron chi connectivity index (χ1n) is 8.73. The van der Waals surface area contributed by atoms with E-state index in [-0.39, 0.29) is 25.2 Å². The molecule has 0 unspecified atom stereocenters. The third-order valence-corrected chi connectivity index (χ3v) is 4.12. The van der Waals surface area contributed by atoms with Gasteiger partial charge in [-0.2, -0.15) is 0 Å². The predicted octanol–water partition coefficient (Wildman–Crippen LogP) is 3.64. The van der Waals surface area contributed by atoms with Crippen LogP contribution in [0.4, 0.5) is 0 Å². The summed E-state index contributed by atoms with van der Waals surface area (Å²) in [5.41, 5.74) is 0.983. The SMILES string of the molecule is C[C@H](NC(=O)COC(=O)COc1ccc2ccccc2c1)c1ccccc1. The molecule has 0 aliphatic heterocycles. The van der Waals surface area contributed by atoms with E-state index in [9.17, 15) is 9.59 Å². The topological polar surface area (TPSA) is 64.6 Å². The molecule has 3 aromatic rings. The Labute approximate surface area is 157 Å². The van der Waals surface area contributed by atoms with Gasteiger partial charge in [-0.15, -0.1) is 0 Å². The van der Waals surface area contributed by atoms with Crippen LogP contribution in [0, 0.1) is 0 Å². The number of carbonyl (C=O) groups is 2. The van der Waals surface area contributed by atoms with Crippen LogP contribution in [0.5, 0.6) is 5.75 Å². The molecule has 0 saturated carbocycles. The van der Waals surface area contributed by atoms with Gasteiger partial charge in [0.2, 0.25) is 0 Å². The Hall–Kier alpha value is -3.34. The lowest BCUT2D eigenvalue weighted by atomic mass is 10.1. The van der Waals surface area contributed by atoms with Crippen LogP contribution in [0.15, 0.2) is 72.8 Å². The summed E-state index contributed by atoms with van der Waals surface area (Å²) in [5.74, 6) is -0.371. The molecule has 138 valence electrons. The molecule has 0 aromatic heterocycles. The number of ether oxygens (including phenoxy) is 2. The Kier molecular flexibility index (Phi) is 6.05. The zero-order valence-corrected chi connectivity index (χ0v) is 15.1. The summed E-state index contributed by atoms with van der Waals surface area (Å²) in [5, 5.41) is 4.91. The quantitative estimate of drug-likeness (QED) is 0.651. The number of amides is 1. The highest BCUT2D eigenvalue weighted by atomic mass is 16.6. The van der Waals surface area contributed by atoms with Gasteiger partial charge in [-0.1, -0.05) is 60.7 Å². The molecule has 1 N–H and O–H groups in total. The predicted molar refractivity (Wildman–Crippen MR) is 103 cm³/mol. The number of rotatable bonds is 7. The second-order valence-corrected chi connectivity index (χ2v) is 6.16. The van der Waals surface area contributed by atoms with E-state index in [2.05, 4.69) is 5.32 Å². The maximum atomic E-state index is 11.9. The van der Waals surface area contributed by atoms with Crippen LogP contribution >= 0.6 is 0 Å². The van der Waals surface area contributed by atoms with Gasteiger partial charge < -0.3 is 14.8 Å². The van der Waals surface area contributed by atoms with Crippen molar-refractivity contribution >= 4 is 22.6 Å². The number of carbonyl (C=O) groups excluding carboxylic acids is 2. The fourth-order valence-electron chi connectivity index (χ4n) is 2.70. The highest BCUT2D eigenvalue weighted by molar-refractivity contribution is 5.84. The van der Waals surface area contributed by atoms with Gasteiger partial charge in [0.15, 0.2) is 13.2 Å². The molecule has 3 aromatic carbocycles. The lowest BCUT2D eigenvalue weighted by molar-refractivity contribution is -0.150. The van der Waals surface area contributed by atoms with E-state index in [0.717, 1.165) is 16.3 Å². The van der Waals surface area contributed by atoms with Crippen molar-refractivity contribution in [2.75, 3.05) is 13.2 Å². The highest BCUT2D eigenvalue weighted by Gasteiger charge is 2.12. The zero-order valence-electron chi connectivity index (χ0n) is 15.1. The highest BCUT2D eigenvalue weighted by Crippen LogP contribution is 2.20. The molecule has 0 bridgehead atoms. The molecule has 0 saturated heterocycles. The minimum absolute atomic E-state index is 0.161. The normalized spacial score (nSPS) is 11.6. The molecule has 0 fully saturated rings. The van der Waals surface area contributed by atoms with Gasteiger partial charge >= 0.3 is 5.97 Å². The molecule has 0 aliphatic rings. The second kappa shape index (κ2) is 8.85. The van der Waals surface area contributed by atoms with Crippen LogP contribution in [0.1, 0.15) is 18.5 Å². The molecule has 3 rings (SSSR count). The van der Waals surface area contributed by atoms with Crippen molar-refractivity contribution in [1.29, 1.82) is 0 Å². The van der Waals surface area contributed by atoms with E-state index in [0.29, 0.717) is 5.75 Å². The fraction of sp³-hybridized carbons (Fsp3) is 0.182. The van der Waals surface area contributed by atoms with Crippen LogP contribution in [0.3, 0.4) is 0 Å². The van der Waals surface area contributed by atoms with E-state index in [1.807, 2.05) is 73.7 Å². The van der Waals surface area contributed by atoms with Crippen molar-refractivity contribution in [1.82, 2.24) is 5.32 Å². The molecule has 5 nitrogen and oxygen atoms in total. The van der Waals surface area contributed by atoms with Gasteiger partial charge in [-0.25, -0.2) is 4.79 Å². The maximum Gasteiger partial charge on any atom is 0.344 e. The molecule has 0 radical (unpaired) electrons. The van der Waals surface area contributed by atoms with Crippen molar-refractivity contribution in [2.24, 2.45) is 0 Å². The van der Waals surface area contributed by atoms with Crippen molar-refractivity contribution in [2.45, 2.75) is 13.0 Å². The summed E-state index contributed by atoms with van der Waals surface area (Å²) in [6.07, 6.45) is 0. The number of hydrogen-bond acceptors (Lipinski definition) is 4. The van der Waals surface area contributed by atoms with Crippen molar-refractivity contribution in [3.63, 3.8) is 0 Å². The lowest BCUT2D eigenvalue weighted by Crippen LogP contribution is -2.31. The van der Waals surface area contributed by atoms with Gasteiger partial charge in [0, 0.05) is 0 Å². The van der Waals surface area contributed by atoms with Crippen molar-refractivity contribution in [3.8, 4) is 5.75 Å². The summed E-state index contributed by atoms with van der Waals surface area (Å²) in [6, 6.07) is 22.9. The fourth-order valence-corrected chi connectivity index (χ4v) is 2.70. The van der Waals surface area contributed by atoms with Gasteiger partial charge in [0.05, 0.1) is 6.04 Å². The Balaban J connectivity index is 1.43. The average molecular weight is 363 g/mol. The molecular weight excluding hydrogens is 342 g/mol.